The normalized spacial score (nSPS) is 11.7. The van der Waals surface area contributed by atoms with E-state index in [0.29, 0.717) is 6.61 Å². The van der Waals surface area contributed by atoms with Gasteiger partial charge < -0.3 is 4.74 Å². The molecule has 0 aromatic heterocycles. The third-order valence-electron chi connectivity index (χ3n) is 2.77. The topological polar surface area (TPSA) is 26.3 Å². The van der Waals surface area contributed by atoms with Crippen LogP contribution in [0.15, 0.2) is 42.0 Å². The second-order valence-electron chi connectivity index (χ2n) is 4.56. The average molecular weight is 246 g/mol. The summed E-state index contributed by atoms with van der Waals surface area (Å²) in [5.41, 5.74) is 2.08. The maximum Gasteiger partial charge on any atom is 0.333 e. The minimum atomic E-state index is -0.180. The number of hydrogen-bond acceptors (Lipinski definition) is 2. The van der Waals surface area contributed by atoms with Crippen LogP contribution < -0.4 is 0 Å². The number of benzene rings is 1. The van der Waals surface area contributed by atoms with E-state index >= 15 is 0 Å². The van der Waals surface area contributed by atoms with Gasteiger partial charge in [-0.3, -0.25) is 0 Å². The molecule has 2 nitrogen and oxygen atoms in total. The van der Waals surface area contributed by atoms with Crippen LogP contribution in [0.25, 0.3) is 0 Å². The van der Waals surface area contributed by atoms with Crippen molar-refractivity contribution in [2.45, 2.75) is 33.6 Å². The molecular formula is C16H22O2. The molecule has 0 N–H and O–H groups in total. The van der Waals surface area contributed by atoms with Gasteiger partial charge >= 0.3 is 5.97 Å². The third kappa shape index (κ3) is 4.74. The summed E-state index contributed by atoms with van der Waals surface area (Å²) in [6.45, 7) is 6.30. The van der Waals surface area contributed by atoms with Crippen LogP contribution in [0.3, 0.4) is 0 Å². The summed E-state index contributed by atoms with van der Waals surface area (Å²) in [6.07, 6.45) is 3.84. The van der Waals surface area contributed by atoms with Gasteiger partial charge in [-0.2, -0.15) is 0 Å². The molecule has 0 unspecified atom stereocenters. The first-order valence-electron chi connectivity index (χ1n) is 6.56. The Morgan fingerprint density at radius 2 is 1.94 bits per heavy atom. The number of rotatable bonds is 6. The highest BCUT2D eigenvalue weighted by molar-refractivity contribution is 5.88. The fraction of sp³-hybridized carbons (Fsp3) is 0.438. The van der Waals surface area contributed by atoms with Crippen molar-refractivity contribution in [2.24, 2.45) is 5.92 Å². The van der Waals surface area contributed by atoms with Crippen LogP contribution in [-0.2, 0) is 16.0 Å². The Labute approximate surface area is 110 Å². The molecule has 0 aliphatic rings. The number of aryl methyl sites for hydroxylation is 1. The molecule has 0 saturated heterocycles. The summed E-state index contributed by atoms with van der Waals surface area (Å²) in [7, 11) is 0. The third-order valence-corrected chi connectivity index (χ3v) is 2.77. The van der Waals surface area contributed by atoms with Crippen molar-refractivity contribution in [3.05, 3.63) is 47.5 Å². The molecule has 0 bridgehead atoms. The first-order valence-corrected chi connectivity index (χ1v) is 6.56. The van der Waals surface area contributed by atoms with Crippen LogP contribution in [-0.4, -0.2) is 12.6 Å². The lowest BCUT2D eigenvalue weighted by Gasteiger charge is -2.10. The fourth-order valence-corrected chi connectivity index (χ4v) is 1.81. The molecule has 0 atom stereocenters. The first kappa shape index (κ1) is 14.5. The molecule has 0 fully saturated rings. The van der Waals surface area contributed by atoms with Crippen molar-refractivity contribution < 1.29 is 9.53 Å². The average Bonchev–Trinajstić information content (AvgIpc) is 2.35. The molecule has 0 aliphatic heterocycles. The second kappa shape index (κ2) is 7.70. The van der Waals surface area contributed by atoms with Gasteiger partial charge in [0.1, 0.15) is 0 Å². The number of ether oxygens (including phenoxy) is 1. The molecule has 0 amide bonds. The Hall–Kier alpha value is -1.57. The van der Waals surface area contributed by atoms with Crippen LogP contribution in [0.5, 0.6) is 0 Å². The van der Waals surface area contributed by atoms with E-state index in [0.717, 1.165) is 18.4 Å². The number of carbonyl (C=O) groups is 1. The van der Waals surface area contributed by atoms with Gasteiger partial charge in [-0.05, 0) is 31.2 Å². The molecule has 1 aromatic carbocycles. The van der Waals surface area contributed by atoms with Crippen molar-refractivity contribution >= 4 is 5.97 Å². The van der Waals surface area contributed by atoms with Gasteiger partial charge in [0.05, 0.1) is 6.61 Å². The zero-order valence-corrected chi connectivity index (χ0v) is 11.5. The molecule has 18 heavy (non-hydrogen) atoms. The summed E-state index contributed by atoms with van der Waals surface area (Å²) in [5.74, 6) is 0.0281. The minimum Gasteiger partial charge on any atom is -0.463 e. The SMILES string of the molecule is CCOC(=O)/C(=C\CCc1ccccc1)C(C)C. The summed E-state index contributed by atoms with van der Waals surface area (Å²) < 4.78 is 5.06. The lowest BCUT2D eigenvalue weighted by atomic mass is 10.0. The Morgan fingerprint density at radius 3 is 2.50 bits per heavy atom. The molecule has 0 heterocycles. The van der Waals surface area contributed by atoms with Gasteiger partial charge in [-0.25, -0.2) is 4.79 Å². The highest BCUT2D eigenvalue weighted by Crippen LogP contribution is 2.14. The van der Waals surface area contributed by atoms with E-state index in [1.165, 1.54) is 5.56 Å². The fourth-order valence-electron chi connectivity index (χ4n) is 1.81. The zero-order chi connectivity index (χ0) is 13.4. The van der Waals surface area contributed by atoms with Gasteiger partial charge in [0, 0.05) is 5.57 Å². The van der Waals surface area contributed by atoms with Gasteiger partial charge in [0.15, 0.2) is 0 Å². The highest BCUT2D eigenvalue weighted by atomic mass is 16.5. The number of esters is 1. The molecule has 98 valence electrons. The van der Waals surface area contributed by atoms with Crippen molar-refractivity contribution in [1.82, 2.24) is 0 Å². The molecular weight excluding hydrogens is 224 g/mol. The summed E-state index contributed by atoms with van der Waals surface area (Å²) in [6, 6.07) is 10.3. The lowest BCUT2D eigenvalue weighted by molar-refractivity contribution is -0.139. The quantitative estimate of drug-likeness (QED) is 0.564. The van der Waals surface area contributed by atoms with Crippen molar-refractivity contribution in [2.75, 3.05) is 6.61 Å². The maximum absolute atomic E-state index is 11.7. The van der Waals surface area contributed by atoms with Crippen molar-refractivity contribution in [3.8, 4) is 0 Å². The summed E-state index contributed by atoms with van der Waals surface area (Å²) >= 11 is 0. The Balaban J connectivity index is 2.58. The van der Waals surface area contributed by atoms with E-state index in [1.807, 2.05) is 45.0 Å². The van der Waals surface area contributed by atoms with E-state index in [2.05, 4.69) is 12.1 Å². The van der Waals surface area contributed by atoms with E-state index < -0.39 is 0 Å². The van der Waals surface area contributed by atoms with Crippen LogP contribution in [0.2, 0.25) is 0 Å². The monoisotopic (exact) mass is 246 g/mol. The molecule has 1 aromatic rings. The zero-order valence-electron chi connectivity index (χ0n) is 11.5. The predicted octanol–water partition coefficient (Wildman–Crippen LogP) is 3.76. The summed E-state index contributed by atoms with van der Waals surface area (Å²) in [4.78, 5) is 11.7. The van der Waals surface area contributed by atoms with E-state index in [1.54, 1.807) is 0 Å². The number of hydrogen-bond donors (Lipinski definition) is 0. The minimum absolute atomic E-state index is 0.180. The van der Waals surface area contributed by atoms with E-state index in [9.17, 15) is 4.79 Å². The van der Waals surface area contributed by atoms with Gasteiger partial charge in [0.2, 0.25) is 0 Å². The van der Waals surface area contributed by atoms with Crippen LogP contribution in [0.4, 0.5) is 0 Å². The molecule has 0 radical (unpaired) electrons. The molecule has 0 spiro atoms. The number of allylic oxidation sites excluding steroid dienone is 1. The van der Waals surface area contributed by atoms with Crippen LogP contribution >= 0.6 is 0 Å². The standard InChI is InChI=1S/C16H22O2/c1-4-18-16(17)15(13(2)3)12-8-11-14-9-6-5-7-10-14/h5-7,9-10,12-13H,4,8,11H2,1-3H3/b15-12-. The largest absolute Gasteiger partial charge is 0.463 e. The van der Waals surface area contributed by atoms with Crippen molar-refractivity contribution in [1.29, 1.82) is 0 Å². The van der Waals surface area contributed by atoms with Gasteiger partial charge in [-0.15, -0.1) is 0 Å². The summed E-state index contributed by atoms with van der Waals surface area (Å²) in [5, 5.41) is 0. The van der Waals surface area contributed by atoms with Crippen LogP contribution in [0.1, 0.15) is 32.8 Å². The van der Waals surface area contributed by atoms with E-state index in [-0.39, 0.29) is 11.9 Å². The smallest absolute Gasteiger partial charge is 0.333 e. The molecule has 0 saturated carbocycles. The Kier molecular flexibility index (Phi) is 6.20. The molecule has 2 heteroatoms. The first-order chi connectivity index (χ1) is 8.65. The highest BCUT2D eigenvalue weighted by Gasteiger charge is 2.13. The molecule has 0 aliphatic carbocycles. The van der Waals surface area contributed by atoms with Crippen molar-refractivity contribution in [3.63, 3.8) is 0 Å². The number of carbonyl (C=O) groups excluding carboxylic acids is 1. The molecule has 1 rings (SSSR count). The maximum atomic E-state index is 11.7. The second-order valence-corrected chi connectivity index (χ2v) is 4.56. The van der Waals surface area contributed by atoms with Gasteiger partial charge in [0.25, 0.3) is 0 Å². The Bertz CT molecular complexity index is 391. The predicted molar refractivity (Wildman–Crippen MR) is 74.3 cm³/mol. The lowest BCUT2D eigenvalue weighted by Crippen LogP contribution is -2.12. The van der Waals surface area contributed by atoms with E-state index in [4.69, 9.17) is 4.74 Å². The Morgan fingerprint density at radius 1 is 1.28 bits per heavy atom. The van der Waals surface area contributed by atoms with Gasteiger partial charge in [-0.1, -0.05) is 50.3 Å². The van der Waals surface area contributed by atoms with Crippen LogP contribution in [0, 0.1) is 5.92 Å².